The van der Waals surface area contributed by atoms with Gasteiger partial charge in [-0.2, -0.15) is 0 Å². The van der Waals surface area contributed by atoms with E-state index in [1.807, 2.05) is 0 Å². The largest absolute Gasteiger partial charge is 0.328 e. The van der Waals surface area contributed by atoms with Gasteiger partial charge < -0.3 is 11.1 Å². The van der Waals surface area contributed by atoms with Gasteiger partial charge in [-0.25, -0.2) is 0 Å². The van der Waals surface area contributed by atoms with Gasteiger partial charge in [0.25, 0.3) is 0 Å². The normalized spacial score (nSPS) is 47.0. The number of hydrogen-bond donors (Lipinski definition) is 2. The summed E-state index contributed by atoms with van der Waals surface area (Å²) in [4.78, 5) is 0. The first kappa shape index (κ1) is 11.4. The highest BCUT2D eigenvalue weighted by atomic mass is 15.0. The van der Waals surface area contributed by atoms with E-state index in [1.54, 1.807) is 0 Å². The van der Waals surface area contributed by atoms with Gasteiger partial charge in [-0.3, -0.25) is 0 Å². The Morgan fingerprint density at radius 3 is 2.53 bits per heavy atom. The van der Waals surface area contributed by atoms with Crippen LogP contribution in [0.15, 0.2) is 0 Å². The minimum absolute atomic E-state index is 0.457. The van der Waals surface area contributed by atoms with E-state index in [0.29, 0.717) is 12.1 Å². The number of nitrogens with one attached hydrogen (secondary N) is 1. The maximum atomic E-state index is 5.95. The van der Waals surface area contributed by atoms with E-state index in [2.05, 4.69) is 19.2 Å². The average molecular weight is 210 g/mol. The summed E-state index contributed by atoms with van der Waals surface area (Å²) in [6, 6.07) is 1.92. The second-order valence-corrected chi connectivity index (χ2v) is 5.81. The van der Waals surface area contributed by atoms with Gasteiger partial charge in [-0.15, -0.1) is 0 Å². The van der Waals surface area contributed by atoms with Gasteiger partial charge >= 0.3 is 0 Å². The molecule has 0 radical (unpaired) electrons. The molecule has 88 valence electrons. The SMILES string of the molecule is CC1CCCC(NC2CCC(N)C2)C1C. The average Bonchev–Trinajstić information content (AvgIpc) is 2.59. The van der Waals surface area contributed by atoms with Crippen LogP contribution in [0.1, 0.15) is 52.4 Å². The molecular weight excluding hydrogens is 184 g/mol. The zero-order chi connectivity index (χ0) is 10.8. The van der Waals surface area contributed by atoms with Gasteiger partial charge in [0.05, 0.1) is 0 Å². The van der Waals surface area contributed by atoms with Crippen molar-refractivity contribution in [3.05, 3.63) is 0 Å². The molecule has 2 heteroatoms. The van der Waals surface area contributed by atoms with Gasteiger partial charge in [0, 0.05) is 18.1 Å². The topological polar surface area (TPSA) is 38.0 Å². The van der Waals surface area contributed by atoms with Crippen LogP contribution >= 0.6 is 0 Å². The van der Waals surface area contributed by atoms with E-state index in [-0.39, 0.29) is 0 Å². The Hall–Kier alpha value is -0.0800. The van der Waals surface area contributed by atoms with Crippen molar-refractivity contribution < 1.29 is 0 Å². The van der Waals surface area contributed by atoms with Crippen LogP contribution in [0.5, 0.6) is 0 Å². The number of hydrogen-bond acceptors (Lipinski definition) is 2. The van der Waals surface area contributed by atoms with Crippen molar-refractivity contribution in [3.8, 4) is 0 Å². The highest BCUT2D eigenvalue weighted by molar-refractivity contribution is 4.89. The molecule has 0 aliphatic heterocycles. The maximum absolute atomic E-state index is 5.95. The smallest absolute Gasteiger partial charge is 0.00978 e. The molecule has 0 spiro atoms. The van der Waals surface area contributed by atoms with Crippen molar-refractivity contribution in [2.24, 2.45) is 17.6 Å². The van der Waals surface area contributed by atoms with Crippen LogP contribution in [0.3, 0.4) is 0 Å². The van der Waals surface area contributed by atoms with Crippen molar-refractivity contribution in [3.63, 3.8) is 0 Å². The molecule has 2 aliphatic rings. The van der Waals surface area contributed by atoms with Crippen LogP contribution in [0.4, 0.5) is 0 Å². The Kier molecular flexibility index (Phi) is 3.68. The first-order chi connectivity index (χ1) is 7.16. The molecule has 0 aromatic heterocycles. The van der Waals surface area contributed by atoms with Crippen LogP contribution in [0.25, 0.3) is 0 Å². The van der Waals surface area contributed by atoms with Crippen LogP contribution in [0.2, 0.25) is 0 Å². The van der Waals surface area contributed by atoms with Crippen molar-refractivity contribution in [2.75, 3.05) is 0 Å². The molecule has 2 nitrogen and oxygen atoms in total. The van der Waals surface area contributed by atoms with Crippen molar-refractivity contribution in [1.82, 2.24) is 5.32 Å². The van der Waals surface area contributed by atoms with Crippen LogP contribution < -0.4 is 11.1 Å². The Labute approximate surface area is 94.0 Å². The fraction of sp³-hybridized carbons (Fsp3) is 1.00. The van der Waals surface area contributed by atoms with Gasteiger partial charge in [0.15, 0.2) is 0 Å². The predicted octanol–water partition coefficient (Wildman–Crippen LogP) is 2.28. The molecule has 2 rings (SSSR count). The predicted molar refractivity (Wildman–Crippen MR) is 64.7 cm³/mol. The molecule has 3 N–H and O–H groups in total. The fourth-order valence-corrected chi connectivity index (χ4v) is 3.29. The molecule has 0 amide bonds. The van der Waals surface area contributed by atoms with Gasteiger partial charge in [0.2, 0.25) is 0 Å². The summed E-state index contributed by atoms with van der Waals surface area (Å²) in [6.45, 7) is 4.81. The fourth-order valence-electron chi connectivity index (χ4n) is 3.29. The van der Waals surface area contributed by atoms with Crippen molar-refractivity contribution in [1.29, 1.82) is 0 Å². The molecule has 5 unspecified atom stereocenters. The lowest BCUT2D eigenvalue weighted by Crippen LogP contribution is -2.45. The minimum Gasteiger partial charge on any atom is -0.328 e. The molecule has 2 aliphatic carbocycles. The zero-order valence-electron chi connectivity index (χ0n) is 10.2. The molecule has 2 saturated carbocycles. The highest BCUT2D eigenvalue weighted by Crippen LogP contribution is 2.31. The van der Waals surface area contributed by atoms with Gasteiger partial charge in [-0.1, -0.05) is 26.7 Å². The number of rotatable bonds is 2. The van der Waals surface area contributed by atoms with E-state index in [9.17, 15) is 0 Å². The second kappa shape index (κ2) is 4.84. The van der Waals surface area contributed by atoms with E-state index in [0.717, 1.165) is 17.9 Å². The van der Waals surface area contributed by atoms with E-state index in [4.69, 9.17) is 5.73 Å². The Bertz CT molecular complexity index is 205. The highest BCUT2D eigenvalue weighted by Gasteiger charge is 2.30. The number of nitrogens with two attached hydrogens (primary N) is 1. The molecule has 15 heavy (non-hydrogen) atoms. The lowest BCUT2D eigenvalue weighted by molar-refractivity contribution is 0.193. The lowest BCUT2D eigenvalue weighted by Gasteiger charge is -2.36. The Morgan fingerprint density at radius 2 is 1.87 bits per heavy atom. The van der Waals surface area contributed by atoms with Crippen molar-refractivity contribution in [2.45, 2.75) is 70.5 Å². The van der Waals surface area contributed by atoms with E-state index >= 15 is 0 Å². The van der Waals surface area contributed by atoms with Crippen LogP contribution in [-0.4, -0.2) is 18.1 Å². The lowest BCUT2D eigenvalue weighted by atomic mass is 9.78. The summed E-state index contributed by atoms with van der Waals surface area (Å²) in [6.07, 6.45) is 7.90. The van der Waals surface area contributed by atoms with Crippen LogP contribution in [0, 0.1) is 11.8 Å². The summed E-state index contributed by atoms with van der Waals surface area (Å²) in [7, 11) is 0. The Morgan fingerprint density at radius 1 is 1.07 bits per heavy atom. The molecule has 0 aromatic carbocycles. The molecular formula is C13H26N2. The first-order valence-corrected chi connectivity index (χ1v) is 6.68. The minimum atomic E-state index is 0.457. The van der Waals surface area contributed by atoms with Gasteiger partial charge in [-0.05, 0) is 37.5 Å². The molecule has 2 fully saturated rings. The third kappa shape index (κ3) is 2.73. The second-order valence-electron chi connectivity index (χ2n) is 5.81. The standard InChI is InChI=1S/C13H26N2/c1-9-4-3-5-13(10(9)2)15-12-7-6-11(14)8-12/h9-13,15H,3-8,14H2,1-2H3. The van der Waals surface area contributed by atoms with E-state index in [1.165, 1.54) is 38.5 Å². The maximum Gasteiger partial charge on any atom is 0.00978 e. The van der Waals surface area contributed by atoms with Gasteiger partial charge in [0.1, 0.15) is 0 Å². The molecule has 0 aromatic rings. The molecule has 5 atom stereocenters. The molecule has 0 heterocycles. The van der Waals surface area contributed by atoms with Crippen molar-refractivity contribution >= 4 is 0 Å². The summed E-state index contributed by atoms with van der Waals surface area (Å²) in [5, 5.41) is 3.85. The van der Waals surface area contributed by atoms with Crippen LogP contribution in [-0.2, 0) is 0 Å². The zero-order valence-corrected chi connectivity index (χ0v) is 10.2. The molecule has 0 bridgehead atoms. The quantitative estimate of drug-likeness (QED) is 0.734. The third-order valence-electron chi connectivity index (χ3n) is 4.63. The monoisotopic (exact) mass is 210 g/mol. The summed E-state index contributed by atoms with van der Waals surface area (Å²) >= 11 is 0. The molecule has 0 saturated heterocycles. The summed E-state index contributed by atoms with van der Waals surface area (Å²) < 4.78 is 0. The first-order valence-electron chi connectivity index (χ1n) is 6.68. The Balaban J connectivity index is 1.82. The summed E-state index contributed by atoms with van der Waals surface area (Å²) in [5.74, 6) is 1.74. The summed E-state index contributed by atoms with van der Waals surface area (Å²) in [5.41, 5.74) is 5.95. The van der Waals surface area contributed by atoms with E-state index < -0.39 is 0 Å². The third-order valence-corrected chi connectivity index (χ3v) is 4.63.